The summed E-state index contributed by atoms with van der Waals surface area (Å²) in [6.07, 6.45) is 0.688. The maximum atomic E-state index is 10.8. The second-order valence-electron chi connectivity index (χ2n) is 5.48. The van der Waals surface area contributed by atoms with E-state index >= 15 is 0 Å². The quantitative estimate of drug-likeness (QED) is 0.461. The summed E-state index contributed by atoms with van der Waals surface area (Å²) in [5, 5.41) is 0.615. The first-order valence-electron chi connectivity index (χ1n) is 7.36. The fourth-order valence-electron chi connectivity index (χ4n) is 2.61. The zero-order chi connectivity index (χ0) is 16.7. The van der Waals surface area contributed by atoms with Crippen molar-refractivity contribution in [2.75, 3.05) is 0 Å². The largest absolute Gasteiger partial charge is 0.453 e. The molecule has 0 fully saturated rings. The van der Waals surface area contributed by atoms with Gasteiger partial charge in [0.25, 0.3) is 0 Å². The first-order valence-corrected chi connectivity index (χ1v) is 7.74. The topological polar surface area (TPSA) is 56.2 Å². The summed E-state index contributed by atoms with van der Waals surface area (Å²) in [5.41, 5.74) is 4.14. The molecule has 4 nitrogen and oxygen atoms in total. The molecule has 4 aromatic rings. The average Bonchev–Trinajstić information content (AvgIpc) is 3.21. The number of aromatic nitrogens is 1. The van der Waals surface area contributed by atoms with Gasteiger partial charge in [0.15, 0.2) is 17.6 Å². The van der Waals surface area contributed by atoms with Crippen LogP contribution in [0.25, 0.3) is 33.9 Å². The molecule has 2 aromatic heterocycles. The lowest BCUT2D eigenvalue weighted by Gasteiger charge is -2.04. The van der Waals surface area contributed by atoms with E-state index < -0.39 is 0 Å². The Morgan fingerprint density at radius 3 is 2.71 bits per heavy atom. The number of oxazole rings is 1. The Morgan fingerprint density at radius 2 is 1.92 bits per heavy atom. The van der Waals surface area contributed by atoms with Crippen molar-refractivity contribution in [3.8, 4) is 22.8 Å². The second-order valence-corrected chi connectivity index (χ2v) is 5.92. The number of fused-ring (bicyclic) bond motifs is 1. The van der Waals surface area contributed by atoms with Crippen LogP contribution < -0.4 is 0 Å². The van der Waals surface area contributed by atoms with Crippen molar-refractivity contribution in [1.82, 2.24) is 4.98 Å². The third kappa shape index (κ3) is 2.51. The summed E-state index contributed by atoms with van der Waals surface area (Å²) in [6.45, 7) is 1.98. The van der Waals surface area contributed by atoms with Crippen molar-refractivity contribution in [3.63, 3.8) is 0 Å². The van der Waals surface area contributed by atoms with Crippen molar-refractivity contribution < 1.29 is 13.6 Å². The van der Waals surface area contributed by atoms with Crippen molar-refractivity contribution in [2.24, 2.45) is 0 Å². The molecule has 0 aliphatic heterocycles. The van der Waals surface area contributed by atoms with Crippen LogP contribution in [0.1, 0.15) is 16.1 Å². The summed E-state index contributed by atoms with van der Waals surface area (Å²) in [6, 6.07) is 14.6. The highest BCUT2D eigenvalue weighted by Gasteiger charge is 2.13. The van der Waals surface area contributed by atoms with Gasteiger partial charge in [-0.2, -0.15) is 0 Å². The van der Waals surface area contributed by atoms with Crippen LogP contribution >= 0.6 is 11.6 Å². The summed E-state index contributed by atoms with van der Waals surface area (Å²) >= 11 is 5.99. The molecule has 0 aliphatic rings. The van der Waals surface area contributed by atoms with Crippen LogP contribution in [0, 0.1) is 6.92 Å². The number of rotatable bonds is 3. The molecule has 0 atom stereocenters. The van der Waals surface area contributed by atoms with Gasteiger partial charge in [0.2, 0.25) is 5.89 Å². The van der Waals surface area contributed by atoms with Gasteiger partial charge in [-0.15, -0.1) is 0 Å². The van der Waals surface area contributed by atoms with Crippen LogP contribution in [0.15, 0.2) is 57.4 Å². The normalized spacial score (nSPS) is 11.1. The number of halogens is 1. The van der Waals surface area contributed by atoms with E-state index in [4.69, 9.17) is 20.4 Å². The standard InChI is InChI=1S/C19H12ClNO3/c1-11-2-3-12(8-15(11)17-7-5-14(10-22)23-17)19-21-16-9-13(20)4-6-18(16)24-19/h2-10H,1H3. The Balaban J connectivity index is 1.83. The lowest BCUT2D eigenvalue weighted by Crippen LogP contribution is -1.84. The van der Waals surface area contributed by atoms with Gasteiger partial charge in [0.1, 0.15) is 11.3 Å². The second kappa shape index (κ2) is 5.65. The zero-order valence-electron chi connectivity index (χ0n) is 12.7. The van der Waals surface area contributed by atoms with Gasteiger partial charge in [0.05, 0.1) is 0 Å². The van der Waals surface area contributed by atoms with Crippen molar-refractivity contribution in [2.45, 2.75) is 6.92 Å². The Bertz CT molecular complexity index is 1060. The molecular formula is C19H12ClNO3. The van der Waals surface area contributed by atoms with Crippen LogP contribution in [0.2, 0.25) is 5.02 Å². The smallest absolute Gasteiger partial charge is 0.227 e. The van der Waals surface area contributed by atoms with Crippen molar-refractivity contribution >= 4 is 29.0 Å². The highest BCUT2D eigenvalue weighted by atomic mass is 35.5. The SMILES string of the molecule is Cc1ccc(-c2nc3cc(Cl)ccc3o2)cc1-c1ccc(C=O)o1. The van der Waals surface area contributed by atoms with E-state index in [1.807, 2.05) is 25.1 Å². The van der Waals surface area contributed by atoms with Crippen LogP contribution in [0.3, 0.4) is 0 Å². The van der Waals surface area contributed by atoms with Gasteiger partial charge in [-0.25, -0.2) is 4.98 Å². The molecule has 4 rings (SSSR count). The van der Waals surface area contributed by atoms with Crippen molar-refractivity contribution in [1.29, 1.82) is 0 Å². The number of carbonyl (C=O) groups is 1. The van der Waals surface area contributed by atoms with Crippen LogP contribution in [-0.4, -0.2) is 11.3 Å². The summed E-state index contributed by atoms with van der Waals surface area (Å²) in [5.74, 6) is 1.44. The molecule has 0 bridgehead atoms. The molecule has 118 valence electrons. The van der Waals surface area contributed by atoms with Crippen LogP contribution in [0.5, 0.6) is 0 Å². The number of hydrogen-bond acceptors (Lipinski definition) is 4. The summed E-state index contributed by atoms with van der Waals surface area (Å²) < 4.78 is 11.3. The van der Waals surface area contributed by atoms with Gasteiger partial charge in [0, 0.05) is 16.1 Å². The van der Waals surface area contributed by atoms with Crippen LogP contribution in [0.4, 0.5) is 0 Å². The van der Waals surface area contributed by atoms with Crippen LogP contribution in [-0.2, 0) is 0 Å². The van der Waals surface area contributed by atoms with E-state index in [0.717, 1.165) is 16.7 Å². The predicted octanol–water partition coefficient (Wildman–Crippen LogP) is 5.53. The maximum Gasteiger partial charge on any atom is 0.227 e. The Kier molecular flexibility index (Phi) is 3.47. The van der Waals surface area contributed by atoms with E-state index in [2.05, 4.69) is 4.98 Å². The fourth-order valence-corrected chi connectivity index (χ4v) is 2.77. The number of aldehydes is 1. The Hall–Kier alpha value is -2.85. The van der Waals surface area contributed by atoms with Gasteiger partial charge < -0.3 is 8.83 Å². The maximum absolute atomic E-state index is 10.8. The minimum Gasteiger partial charge on any atom is -0.453 e. The molecule has 0 saturated carbocycles. The molecule has 24 heavy (non-hydrogen) atoms. The highest BCUT2D eigenvalue weighted by Crippen LogP contribution is 2.32. The van der Waals surface area contributed by atoms with Gasteiger partial charge >= 0.3 is 0 Å². The molecule has 0 unspecified atom stereocenters. The number of nitrogens with zero attached hydrogens (tertiary/aromatic N) is 1. The molecule has 0 saturated heterocycles. The minimum absolute atomic E-state index is 0.298. The monoisotopic (exact) mass is 337 g/mol. The van der Waals surface area contributed by atoms with E-state index in [-0.39, 0.29) is 0 Å². The Labute approximate surface area is 142 Å². The highest BCUT2D eigenvalue weighted by molar-refractivity contribution is 6.31. The molecule has 0 spiro atoms. The third-order valence-corrected chi connectivity index (χ3v) is 4.08. The Morgan fingerprint density at radius 1 is 1.04 bits per heavy atom. The van der Waals surface area contributed by atoms with E-state index in [9.17, 15) is 4.79 Å². The number of aryl methyl sites for hydroxylation is 1. The molecule has 5 heteroatoms. The number of carbonyl (C=O) groups excluding carboxylic acids is 1. The molecule has 0 aliphatic carbocycles. The first-order chi connectivity index (χ1) is 11.6. The van der Waals surface area contributed by atoms with E-state index in [1.165, 1.54) is 0 Å². The number of hydrogen-bond donors (Lipinski definition) is 0. The summed E-state index contributed by atoms with van der Waals surface area (Å²) in [4.78, 5) is 15.3. The number of furan rings is 1. The molecule has 2 heterocycles. The lowest BCUT2D eigenvalue weighted by molar-refractivity contribution is 0.110. The lowest BCUT2D eigenvalue weighted by atomic mass is 10.0. The fraction of sp³-hybridized carbons (Fsp3) is 0.0526. The first kappa shape index (κ1) is 14.7. The van der Waals surface area contributed by atoms with Gasteiger partial charge in [-0.05, 0) is 55.0 Å². The summed E-state index contributed by atoms with van der Waals surface area (Å²) in [7, 11) is 0. The number of benzene rings is 2. The molecular weight excluding hydrogens is 326 g/mol. The zero-order valence-corrected chi connectivity index (χ0v) is 13.5. The molecule has 0 N–H and O–H groups in total. The average molecular weight is 338 g/mol. The predicted molar refractivity (Wildman–Crippen MR) is 92.3 cm³/mol. The van der Waals surface area contributed by atoms with E-state index in [1.54, 1.807) is 30.3 Å². The van der Waals surface area contributed by atoms with Gasteiger partial charge in [-0.1, -0.05) is 17.7 Å². The van der Waals surface area contributed by atoms with E-state index in [0.29, 0.717) is 39.8 Å². The molecule has 2 aromatic carbocycles. The minimum atomic E-state index is 0.298. The third-order valence-electron chi connectivity index (χ3n) is 3.84. The van der Waals surface area contributed by atoms with Gasteiger partial charge in [-0.3, -0.25) is 4.79 Å². The van der Waals surface area contributed by atoms with Crippen molar-refractivity contribution in [3.05, 3.63) is 64.9 Å². The molecule has 0 radical (unpaired) electrons. The molecule has 0 amide bonds.